The summed E-state index contributed by atoms with van der Waals surface area (Å²) < 4.78 is 1.62. The molecule has 1 N–H and O–H groups in total. The topological polar surface area (TPSA) is 37.8 Å². The molecule has 0 aliphatic heterocycles. The third kappa shape index (κ3) is 2.05. The summed E-state index contributed by atoms with van der Waals surface area (Å²) >= 11 is 0. The molecule has 1 aromatic carbocycles. The van der Waals surface area contributed by atoms with E-state index in [1.807, 2.05) is 38.1 Å². The first-order valence-electron chi connectivity index (χ1n) is 5.89. The van der Waals surface area contributed by atoms with Gasteiger partial charge in [-0.25, -0.2) is 4.68 Å². The van der Waals surface area contributed by atoms with Gasteiger partial charge in [0.25, 0.3) is 5.56 Å². The predicted octanol–water partition coefficient (Wildman–Crippen LogP) is 2.91. The van der Waals surface area contributed by atoms with Gasteiger partial charge >= 0.3 is 0 Å². The normalized spacial score (nSPS) is 11.1. The molecule has 2 aromatic rings. The lowest BCUT2D eigenvalue weighted by Gasteiger charge is -2.04. The van der Waals surface area contributed by atoms with Crippen LogP contribution in [0, 0.1) is 13.8 Å². The minimum atomic E-state index is 0.0410. The summed E-state index contributed by atoms with van der Waals surface area (Å²) in [5, 5.41) is 3.20. The second kappa shape index (κ2) is 4.24. The summed E-state index contributed by atoms with van der Waals surface area (Å²) in [4.78, 5) is 12.1. The largest absolute Gasteiger partial charge is 0.294 e. The fraction of sp³-hybridized carbons (Fsp3) is 0.357. The van der Waals surface area contributed by atoms with Gasteiger partial charge in [0.15, 0.2) is 0 Å². The number of nitrogens with one attached hydrogen (secondary N) is 1. The highest BCUT2D eigenvalue weighted by Crippen LogP contribution is 2.15. The number of aryl methyl sites for hydroxylation is 1. The van der Waals surface area contributed by atoms with Crippen molar-refractivity contribution >= 4 is 0 Å². The predicted molar refractivity (Wildman–Crippen MR) is 70.0 cm³/mol. The molecule has 0 aliphatic rings. The monoisotopic (exact) mass is 230 g/mol. The molecule has 3 nitrogen and oxygen atoms in total. The average Bonchev–Trinajstić information content (AvgIpc) is 2.56. The van der Waals surface area contributed by atoms with Crippen LogP contribution in [0.2, 0.25) is 0 Å². The summed E-state index contributed by atoms with van der Waals surface area (Å²) in [5.41, 5.74) is 3.90. The summed E-state index contributed by atoms with van der Waals surface area (Å²) in [5.74, 6) is 0.328. The van der Waals surface area contributed by atoms with E-state index in [1.165, 1.54) is 0 Å². The fourth-order valence-electron chi connectivity index (χ4n) is 2.05. The molecule has 0 bridgehead atoms. The molecule has 3 heteroatoms. The standard InChI is InChI=1S/C14H18N2O/c1-9(2)13-11(4)14(17)16(15-13)12-7-5-6-10(3)8-12/h5-9,15H,1-4H3. The van der Waals surface area contributed by atoms with E-state index in [2.05, 4.69) is 18.9 Å². The van der Waals surface area contributed by atoms with Crippen molar-refractivity contribution in [2.45, 2.75) is 33.6 Å². The Hall–Kier alpha value is -1.77. The van der Waals surface area contributed by atoms with Crippen molar-refractivity contribution in [1.29, 1.82) is 0 Å². The van der Waals surface area contributed by atoms with Crippen LogP contribution in [0.5, 0.6) is 0 Å². The number of aromatic amines is 1. The zero-order valence-corrected chi connectivity index (χ0v) is 10.7. The quantitative estimate of drug-likeness (QED) is 0.846. The highest BCUT2D eigenvalue weighted by molar-refractivity contribution is 5.36. The Balaban J connectivity index is 2.61. The van der Waals surface area contributed by atoms with Crippen molar-refractivity contribution < 1.29 is 0 Å². The third-order valence-electron chi connectivity index (χ3n) is 3.00. The van der Waals surface area contributed by atoms with Gasteiger partial charge in [-0.15, -0.1) is 0 Å². The second-order valence-corrected chi connectivity index (χ2v) is 4.78. The Labute approximate surface area is 101 Å². The second-order valence-electron chi connectivity index (χ2n) is 4.78. The van der Waals surface area contributed by atoms with Crippen molar-refractivity contribution in [3.05, 3.63) is 51.4 Å². The third-order valence-corrected chi connectivity index (χ3v) is 3.00. The summed E-state index contributed by atoms with van der Waals surface area (Å²) in [7, 11) is 0. The van der Waals surface area contributed by atoms with E-state index in [0.717, 1.165) is 22.5 Å². The Morgan fingerprint density at radius 2 is 1.94 bits per heavy atom. The summed E-state index contributed by atoms with van der Waals surface area (Å²) in [6.07, 6.45) is 0. The van der Waals surface area contributed by atoms with Crippen molar-refractivity contribution in [2.24, 2.45) is 0 Å². The van der Waals surface area contributed by atoms with Crippen LogP contribution in [0.15, 0.2) is 29.1 Å². The van der Waals surface area contributed by atoms with Gasteiger partial charge in [0, 0.05) is 11.3 Å². The van der Waals surface area contributed by atoms with Crippen LogP contribution < -0.4 is 5.56 Å². The van der Waals surface area contributed by atoms with Gasteiger partial charge in [0.05, 0.1) is 5.69 Å². The molecule has 2 rings (SSSR count). The van der Waals surface area contributed by atoms with Crippen molar-refractivity contribution in [3.8, 4) is 5.69 Å². The lowest BCUT2D eigenvalue weighted by atomic mass is 10.1. The van der Waals surface area contributed by atoms with Crippen LogP contribution >= 0.6 is 0 Å². The molecule has 0 radical (unpaired) electrons. The zero-order chi connectivity index (χ0) is 12.6. The van der Waals surface area contributed by atoms with Gasteiger partial charge in [-0.05, 0) is 37.5 Å². The molecule has 0 fully saturated rings. The number of hydrogen-bond acceptors (Lipinski definition) is 1. The maximum atomic E-state index is 12.1. The van der Waals surface area contributed by atoms with Crippen LogP contribution in [0.1, 0.15) is 36.6 Å². The van der Waals surface area contributed by atoms with E-state index in [9.17, 15) is 4.79 Å². The SMILES string of the molecule is Cc1cccc(-n2[nH]c(C(C)C)c(C)c2=O)c1. The highest BCUT2D eigenvalue weighted by Gasteiger charge is 2.13. The number of rotatable bonds is 2. The number of nitrogens with zero attached hydrogens (tertiary/aromatic N) is 1. The molecule has 0 amide bonds. The Morgan fingerprint density at radius 1 is 1.24 bits per heavy atom. The fourth-order valence-corrected chi connectivity index (χ4v) is 2.05. The number of benzene rings is 1. The van der Waals surface area contributed by atoms with Gasteiger partial charge in [-0.3, -0.25) is 9.89 Å². The van der Waals surface area contributed by atoms with Crippen LogP contribution in [0.25, 0.3) is 5.69 Å². The van der Waals surface area contributed by atoms with Gasteiger partial charge in [-0.2, -0.15) is 0 Å². The molecule has 1 aromatic heterocycles. The first-order valence-corrected chi connectivity index (χ1v) is 5.89. The highest BCUT2D eigenvalue weighted by atomic mass is 16.1. The maximum absolute atomic E-state index is 12.1. The number of aromatic nitrogens is 2. The van der Waals surface area contributed by atoms with Gasteiger partial charge in [-0.1, -0.05) is 26.0 Å². The zero-order valence-electron chi connectivity index (χ0n) is 10.7. The van der Waals surface area contributed by atoms with Crippen molar-refractivity contribution in [2.75, 3.05) is 0 Å². The van der Waals surface area contributed by atoms with E-state index in [-0.39, 0.29) is 5.56 Å². The van der Waals surface area contributed by atoms with Crippen molar-refractivity contribution in [3.63, 3.8) is 0 Å². The summed E-state index contributed by atoms with van der Waals surface area (Å²) in [6, 6.07) is 7.92. The number of hydrogen-bond donors (Lipinski definition) is 1. The summed E-state index contributed by atoms with van der Waals surface area (Å²) in [6.45, 7) is 8.06. The molecule has 0 aliphatic carbocycles. The first-order chi connectivity index (χ1) is 8.00. The Kier molecular flexibility index (Phi) is 2.92. The minimum absolute atomic E-state index is 0.0410. The van der Waals surface area contributed by atoms with Gasteiger partial charge < -0.3 is 0 Å². The molecular weight excluding hydrogens is 212 g/mol. The van der Waals surface area contributed by atoms with E-state index < -0.39 is 0 Å². The van der Waals surface area contributed by atoms with E-state index in [4.69, 9.17) is 0 Å². The minimum Gasteiger partial charge on any atom is -0.294 e. The Morgan fingerprint density at radius 3 is 2.47 bits per heavy atom. The molecule has 0 spiro atoms. The van der Waals surface area contributed by atoms with Crippen LogP contribution in [-0.4, -0.2) is 9.78 Å². The Bertz CT molecular complexity index is 591. The molecule has 0 saturated heterocycles. The van der Waals surface area contributed by atoms with E-state index >= 15 is 0 Å². The van der Waals surface area contributed by atoms with E-state index in [1.54, 1.807) is 4.68 Å². The maximum Gasteiger partial charge on any atom is 0.274 e. The van der Waals surface area contributed by atoms with Gasteiger partial charge in [0.1, 0.15) is 0 Å². The molecule has 1 heterocycles. The van der Waals surface area contributed by atoms with Crippen LogP contribution in [0.4, 0.5) is 0 Å². The lowest BCUT2D eigenvalue weighted by molar-refractivity contribution is 0.758. The first kappa shape index (κ1) is 11.7. The number of H-pyrrole nitrogens is 1. The molecule has 0 atom stereocenters. The van der Waals surface area contributed by atoms with Crippen molar-refractivity contribution in [1.82, 2.24) is 9.78 Å². The molecule has 90 valence electrons. The average molecular weight is 230 g/mol. The smallest absolute Gasteiger partial charge is 0.274 e. The van der Waals surface area contributed by atoms with E-state index in [0.29, 0.717) is 5.92 Å². The van der Waals surface area contributed by atoms with Gasteiger partial charge in [0.2, 0.25) is 0 Å². The molecular formula is C14H18N2O. The molecule has 0 unspecified atom stereocenters. The molecule has 17 heavy (non-hydrogen) atoms. The van der Waals surface area contributed by atoms with Crippen LogP contribution in [-0.2, 0) is 0 Å². The lowest BCUT2D eigenvalue weighted by Crippen LogP contribution is -2.15. The molecule has 0 saturated carbocycles. The van der Waals surface area contributed by atoms with Crippen LogP contribution in [0.3, 0.4) is 0 Å².